The topological polar surface area (TPSA) is 35.0 Å². The highest BCUT2D eigenvalue weighted by Crippen LogP contribution is 2.32. The Hall–Kier alpha value is -8.66. The first kappa shape index (κ1) is 50.8. The zero-order chi connectivity index (χ0) is 54.9. The van der Waals surface area contributed by atoms with Gasteiger partial charge in [0.1, 0.15) is 11.5 Å². The Morgan fingerprint density at radius 3 is 1.26 bits per heavy atom. The van der Waals surface area contributed by atoms with Crippen molar-refractivity contribution in [2.45, 2.75) is 62.3 Å². The molecule has 13 rings (SSSR count). The second kappa shape index (κ2) is 20.5. The Balaban J connectivity index is 0.959. The summed E-state index contributed by atoms with van der Waals surface area (Å²) >= 11 is 0. The zero-order valence-corrected chi connectivity index (χ0v) is 47.3. The summed E-state index contributed by atoms with van der Waals surface area (Å²) in [7, 11) is 0. The van der Waals surface area contributed by atoms with Crippen molar-refractivity contribution < 1.29 is 4.74 Å². The van der Waals surface area contributed by atoms with Crippen molar-refractivity contribution in [2.75, 3.05) is 0 Å². The van der Waals surface area contributed by atoms with Crippen LogP contribution in [0.5, 0.6) is 11.5 Å². The molecule has 2 aliphatic rings. The number of aryl methyl sites for hydroxylation is 9. The highest BCUT2D eigenvalue weighted by Gasteiger charge is 2.44. The molecular weight excluding hydrogens is 964 g/mol. The van der Waals surface area contributed by atoms with Crippen LogP contribution < -0.4 is 70.3 Å². The van der Waals surface area contributed by atoms with Gasteiger partial charge in [-0.05, 0) is 121 Å². The molecule has 2 aromatic heterocycles. The fraction of sp³-hybridized carbons (Fsp3) is 0.123. The molecule has 0 atom stereocenters. The van der Waals surface area contributed by atoms with E-state index in [9.17, 15) is 0 Å². The van der Waals surface area contributed by atoms with Crippen molar-refractivity contribution in [3.8, 4) is 45.1 Å². The molecule has 0 radical (unpaired) electrons. The van der Waals surface area contributed by atoms with E-state index in [0.717, 1.165) is 45.3 Å². The Morgan fingerprint density at radius 1 is 0.287 bits per heavy atom. The zero-order valence-electron chi connectivity index (χ0n) is 47.3. The van der Waals surface area contributed by atoms with Crippen LogP contribution in [0.25, 0.3) is 33.6 Å². The number of benzene rings is 9. The third-order valence-electron chi connectivity index (χ3n) is 17.7. The maximum atomic E-state index is 7.51. The molecule has 3 nitrogen and oxygen atoms in total. The molecule has 11 aromatic rings. The molecule has 0 amide bonds. The summed E-state index contributed by atoms with van der Waals surface area (Å²) in [5.74, 6) is 1.57. The maximum Gasteiger partial charge on any atom is 0.245 e. The van der Waals surface area contributed by atoms with Gasteiger partial charge in [-0.3, -0.25) is 9.97 Å². The Morgan fingerprint density at radius 2 is 0.725 bits per heavy atom. The molecule has 382 valence electrons. The fourth-order valence-electron chi connectivity index (χ4n) is 14.1. The standard InChI is InChI=1S/C73H62B4N2O/c1-45-20-14-21-46(2)69(45)74-59-31-10-11-32-60(59)75(70-47(3)22-15-23-48(70)4)64-41-54(36-37-63(64)74)55-38-39-78-67(43-55)56-29-19-30-58(40-56)80-68-44-57(66-35-18-28-53(9)79-66)42-65-73(68)77(72-51(7)26-17-27-52(72)8)62-34-13-12-33-61(62)76(65)71-49(5)24-16-25-50(71)6/h10-44H,1-9H3. The maximum absolute atomic E-state index is 7.51. The van der Waals surface area contributed by atoms with Gasteiger partial charge < -0.3 is 4.74 Å². The summed E-state index contributed by atoms with van der Waals surface area (Å²) in [5, 5.41) is 0. The van der Waals surface area contributed by atoms with Crippen LogP contribution in [0.1, 0.15) is 50.2 Å². The van der Waals surface area contributed by atoms with Gasteiger partial charge in [0.05, 0.1) is 11.4 Å². The predicted octanol–water partition coefficient (Wildman–Crippen LogP) is 8.74. The van der Waals surface area contributed by atoms with E-state index in [0.29, 0.717) is 0 Å². The SMILES string of the molecule is Cc1cccc(-c2cc(Oc3cccc(-c4cc(-c5ccc6c(c5)B(c5c(C)cccc5C)c5ccccc5B6c5c(C)cccc5C)ccn4)c3)c3c(c2)B(c2c(C)cccc2C)c2ccccc2B3c2c(C)cccc2C)n1. The monoisotopic (exact) mass is 1030 g/mol. The third-order valence-corrected chi connectivity index (χ3v) is 17.7. The Bertz CT molecular complexity index is 4200. The lowest BCUT2D eigenvalue weighted by Gasteiger charge is -2.36. The molecule has 0 saturated heterocycles. The van der Waals surface area contributed by atoms with Gasteiger partial charge in [-0.15, -0.1) is 0 Å². The number of nitrogens with zero attached hydrogens (tertiary/aromatic N) is 2. The average molecular weight is 1030 g/mol. The lowest BCUT2D eigenvalue weighted by atomic mass is 9.20. The third kappa shape index (κ3) is 8.75. The van der Waals surface area contributed by atoms with Crippen LogP contribution in [0.15, 0.2) is 212 Å². The molecule has 0 bridgehead atoms. The normalized spacial score (nSPS) is 12.5. The van der Waals surface area contributed by atoms with Gasteiger partial charge in [0.25, 0.3) is 0 Å². The van der Waals surface area contributed by atoms with Crippen LogP contribution in [0.2, 0.25) is 0 Å². The molecule has 7 heteroatoms. The van der Waals surface area contributed by atoms with Gasteiger partial charge in [0, 0.05) is 23.0 Å². The second-order valence-corrected chi connectivity index (χ2v) is 22.8. The van der Waals surface area contributed by atoms with Gasteiger partial charge in [0.2, 0.25) is 26.9 Å². The van der Waals surface area contributed by atoms with E-state index in [-0.39, 0.29) is 26.9 Å². The summed E-state index contributed by atoms with van der Waals surface area (Å²) in [6.07, 6.45) is 1.96. The lowest BCUT2D eigenvalue weighted by Crippen LogP contribution is -2.76. The number of rotatable bonds is 9. The van der Waals surface area contributed by atoms with E-state index in [4.69, 9.17) is 14.7 Å². The summed E-state index contributed by atoms with van der Waals surface area (Å²) in [6.45, 7) is 20.2. The van der Waals surface area contributed by atoms with Gasteiger partial charge in [-0.25, -0.2) is 0 Å². The molecule has 0 aliphatic carbocycles. The number of ether oxygens (including phenoxy) is 1. The summed E-state index contributed by atoms with van der Waals surface area (Å²) in [4.78, 5) is 10.2. The largest absolute Gasteiger partial charge is 0.458 e. The Labute approximate surface area is 474 Å². The molecule has 0 fully saturated rings. The second-order valence-electron chi connectivity index (χ2n) is 22.8. The van der Waals surface area contributed by atoms with Gasteiger partial charge in [0.15, 0.2) is 0 Å². The fourth-order valence-corrected chi connectivity index (χ4v) is 14.1. The van der Waals surface area contributed by atoms with Crippen LogP contribution in [0.4, 0.5) is 0 Å². The average Bonchev–Trinajstić information content (AvgIpc) is 2.79. The van der Waals surface area contributed by atoms with Crippen molar-refractivity contribution in [1.82, 2.24) is 9.97 Å². The van der Waals surface area contributed by atoms with Crippen molar-refractivity contribution in [3.05, 3.63) is 263 Å². The Kier molecular flexibility index (Phi) is 13.0. The molecule has 4 heterocycles. The number of aromatic nitrogens is 2. The molecule has 9 aromatic carbocycles. The molecule has 0 spiro atoms. The number of fused-ring (bicyclic) bond motifs is 4. The van der Waals surface area contributed by atoms with E-state index in [1.165, 1.54) is 116 Å². The van der Waals surface area contributed by atoms with Crippen LogP contribution in [0.3, 0.4) is 0 Å². The molecule has 80 heavy (non-hydrogen) atoms. The first-order valence-corrected chi connectivity index (χ1v) is 28.3. The van der Waals surface area contributed by atoms with Crippen molar-refractivity contribution in [2.24, 2.45) is 0 Å². The first-order chi connectivity index (χ1) is 38.9. The number of pyridine rings is 2. The van der Waals surface area contributed by atoms with Crippen LogP contribution >= 0.6 is 0 Å². The first-order valence-electron chi connectivity index (χ1n) is 28.3. The van der Waals surface area contributed by atoms with E-state index < -0.39 is 0 Å². The quantitative estimate of drug-likeness (QED) is 0.136. The van der Waals surface area contributed by atoms with Crippen molar-refractivity contribution in [3.63, 3.8) is 0 Å². The van der Waals surface area contributed by atoms with Crippen molar-refractivity contribution >= 4 is 92.4 Å². The van der Waals surface area contributed by atoms with Crippen molar-refractivity contribution in [1.29, 1.82) is 0 Å². The van der Waals surface area contributed by atoms with E-state index >= 15 is 0 Å². The highest BCUT2D eigenvalue weighted by atomic mass is 16.5. The predicted molar refractivity (Wildman–Crippen MR) is 345 cm³/mol. The number of hydrogen-bond acceptors (Lipinski definition) is 3. The minimum Gasteiger partial charge on any atom is -0.458 e. The summed E-state index contributed by atoms with van der Waals surface area (Å²) in [6, 6.07) is 76.3. The summed E-state index contributed by atoms with van der Waals surface area (Å²) in [5.41, 5.74) is 33.4. The molecular formula is C73H62B4N2O. The van der Waals surface area contributed by atoms with Gasteiger partial charge >= 0.3 is 0 Å². The minimum atomic E-state index is -0.0885. The molecule has 0 saturated carbocycles. The van der Waals surface area contributed by atoms with Crippen LogP contribution in [-0.4, -0.2) is 36.8 Å². The molecule has 2 aliphatic heterocycles. The lowest BCUT2D eigenvalue weighted by molar-refractivity contribution is 0.487. The van der Waals surface area contributed by atoms with Crippen LogP contribution in [0, 0.1) is 62.3 Å². The molecule has 0 N–H and O–H groups in total. The van der Waals surface area contributed by atoms with Gasteiger partial charge in [-0.1, -0.05) is 268 Å². The molecule has 0 unspecified atom stereocenters. The van der Waals surface area contributed by atoms with E-state index in [2.05, 4.69) is 269 Å². The summed E-state index contributed by atoms with van der Waals surface area (Å²) < 4.78 is 7.51. The smallest absolute Gasteiger partial charge is 0.245 e. The van der Waals surface area contributed by atoms with E-state index in [1.807, 2.05) is 6.20 Å². The minimum absolute atomic E-state index is 0.0415. The number of hydrogen-bond donors (Lipinski definition) is 0. The van der Waals surface area contributed by atoms with E-state index in [1.54, 1.807) is 0 Å². The highest BCUT2D eigenvalue weighted by molar-refractivity contribution is 7.12. The van der Waals surface area contributed by atoms with Gasteiger partial charge in [-0.2, -0.15) is 0 Å². The van der Waals surface area contributed by atoms with Crippen LogP contribution in [-0.2, 0) is 0 Å².